The fourth-order valence-corrected chi connectivity index (χ4v) is 3.33. The molecule has 1 rings (SSSR count). The van der Waals surface area contributed by atoms with Crippen molar-refractivity contribution in [1.29, 1.82) is 5.26 Å². The molecule has 0 aromatic heterocycles. The van der Waals surface area contributed by atoms with Gasteiger partial charge in [-0.15, -0.1) is 6.58 Å². The molecule has 1 aromatic rings. The molecule has 0 saturated carbocycles. The highest BCUT2D eigenvalue weighted by Crippen LogP contribution is 2.34. The van der Waals surface area contributed by atoms with E-state index in [9.17, 15) is 10.1 Å². The quantitative estimate of drug-likeness (QED) is 0.261. The summed E-state index contributed by atoms with van der Waals surface area (Å²) < 4.78 is 4.88. The van der Waals surface area contributed by atoms with Crippen LogP contribution in [-0.4, -0.2) is 41.2 Å². The van der Waals surface area contributed by atoms with E-state index in [2.05, 4.69) is 24.4 Å². The van der Waals surface area contributed by atoms with E-state index in [1.165, 1.54) is 11.8 Å². The predicted molar refractivity (Wildman–Crippen MR) is 104 cm³/mol. The van der Waals surface area contributed by atoms with E-state index < -0.39 is 4.75 Å². The standard InChI is InChI=1S/C18H20N2O2S2/c1-3-18(14-19,10-9-16(21)13-22-12-11-20-2)24-17(23)15-7-5-4-6-8-15/h3-8H,1-2,9-13H2. The zero-order chi connectivity index (χ0) is 17.8. The van der Waals surface area contributed by atoms with Crippen LogP contribution in [-0.2, 0) is 9.53 Å². The van der Waals surface area contributed by atoms with Crippen LogP contribution < -0.4 is 0 Å². The van der Waals surface area contributed by atoms with Crippen molar-refractivity contribution in [2.45, 2.75) is 17.6 Å². The monoisotopic (exact) mass is 360 g/mol. The molecule has 1 atom stereocenters. The maximum absolute atomic E-state index is 11.9. The van der Waals surface area contributed by atoms with Gasteiger partial charge in [-0.3, -0.25) is 9.79 Å². The van der Waals surface area contributed by atoms with Gasteiger partial charge in [0.25, 0.3) is 0 Å². The van der Waals surface area contributed by atoms with E-state index >= 15 is 0 Å². The molecule has 0 heterocycles. The highest BCUT2D eigenvalue weighted by molar-refractivity contribution is 8.24. The summed E-state index contributed by atoms with van der Waals surface area (Å²) in [6.07, 6.45) is 2.13. The number of hydrogen-bond acceptors (Lipinski definition) is 6. The Morgan fingerprint density at radius 1 is 1.46 bits per heavy atom. The van der Waals surface area contributed by atoms with Crippen LogP contribution in [0.15, 0.2) is 48.0 Å². The first kappa shape index (κ1) is 20.2. The van der Waals surface area contributed by atoms with Gasteiger partial charge in [-0.2, -0.15) is 5.26 Å². The molecule has 1 aromatic carbocycles. The number of rotatable bonds is 11. The van der Waals surface area contributed by atoms with Crippen molar-refractivity contribution < 1.29 is 9.53 Å². The Labute approximate surface area is 152 Å². The number of nitrogens with zero attached hydrogens (tertiary/aromatic N) is 2. The SMILES string of the molecule is C=CC(C#N)(CCC(=O)COCCN=C)SC(=S)c1ccccc1. The largest absolute Gasteiger partial charge is 0.372 e. The van der Waals surface area contributed by atoms with Gasteiger partial charge in [0.1, 0.15) is 11.4 Å². The van der Waals surface area contributed by atoms with Gasteiger partial charge in [0, 0.05) is 6.42 Å². The second kappa shape index (κ2) is 10.9. The molecule has 0 aliphatic rings. The minimum atomic E-state index is -0.925. The van der Waals surface area contributed by atoms with E-state index in [-0.39, 0.29) is 18.8 Å². The molecule has 0 saturated heterocycles. The van der Waals surface area contributed by atoms with Gasteiger partial charge in [0.2, 0.25) is 0 Å². The number of carbonyl (C=O) groups excluding carboxylic acids is 1. The van der Waals surface area contributed by atoms with Crippen LogP contribution in [0.5, 0.6) is 0 Å². The average Bonchev–Trinajstić information content (AvgIpc) is 2.63. The average molecular weight is 361 g/mol. The fourth-order valence-electron chi connectivity index (χ4n) is 1.83. The molecular formula is C18H20N2O2S2. The molecule has 126 valence electrons. The number of aliphatic imine (C=N–C) groups is 1. The van der Waals surface area contributed by atoms with Gasteiger partial charge in [0.05, 0.1) is 23.4 Å². The molecule has 0 aliphatic heterocycles. The Kier molecular flexibility index (Phi) is 9.16. The number of benzene rings is 1. The van der Waals surface area contributed by atoms with Gasteiger partial charge < -0.3 is 4.74 Å². The maximum Gasteiger partial charge on any atom is 0.158 e. The summed E-state index contributed by atoms with van der Waals surface area (Å²) >= 11 is 6.67. The first-order valence-corrected chi connectivity index (χ1v) is 8.64. The van der Waals surface area contributed by atoms with Crippen molar-refractivity contribution in [3.05, 3.63) is 48.6 Å². The van der Waals surface area contributed by atoms with Crippen molar-refractivity contribution in [2.75, 3.05) is 19.8 Å². The van der Waals surface area contributed by atoms with Crippen LogP contribution in [0, 0.1) is 11.3 Å². The molecule has 0 aliphatic carbocycles. The topological polar surface area (TPSA) is 62.5 Å². The first-order chi connectivity index (χ1) is 11.6. The highest BCUT2D eigenvalue weighted by atomic mass is 32.2. The lowest BCUT2D eigenvalue weighted by molar-refractivity contribution is -0.123. The summed E-state index contributed by atoms with van der Waals surface area (Å²) in [4.78, 5) is 15.5. The molecule has 0 fully saturated rings. The molecule has 4 nitrogen and oxygen atoms in total. The number of ether oxygens (including phenoxy) is 1. The summed E-state index contributed by atoms with van der Waals surface area (Å²) in [5.41, 5.74) is 0.880. The van der Waals surface area contributed by atoms with Crippen LogP contribution in [0.3, 0.4) is 0 Å². The van der Waals surface area contributed by atoms with Crippen molar-refractivity contribution in [2.24, 2.45) is 4.99 Å². The zero-order valence-corrected chi connectivity index (χ0v) is 15.1. The Bertz CT molecular complexity index is 626. The molecule has 0 N–H and O–H groups in total. The molecule has 0 amide bonds. The van der Waals surface area contributed by atoms with E-state index in [1.54, 1.807) is 6.08 Å². The molecule has 1 unspecified atom stereocenters. The number of ketones is 1. The molecule has 0 bridgehead atoms. The summed E-state index contributed by atoms with van der Waals surface area (Å²) in [5.74, 6) is -0.0632. The van der Waals surface area contributed by atoms with Crippen molar-refractivity contribution in [1.82, 2.24) is 0 Å². The van der Waals surface area contributed by atoms with Crippen molar-refractivity contribution >= 4 is 40.7 Å². The summed E-state index contributed by atoms with van der Waals surface area (Å²) in [7, 11) is 0. The van der Waals surface area contributed by atoms with Crippen LogP contribution in [0.25, 0.3) is 0 Å². The lowest BCUT2D eigenvalue weighted by atomic mass is 10.0. The number of nitriles is 1. The summed E-state index contributed by atoms with van der Waals surface area (Å²) in [5, 5.41) is 9.57. The predicted octanol–water partition coefficient (Wildman–Crippen LogP) is 3.61. The van der Waals surface area contributed by atoms with Gasteiger partial charge in [-0.1, -0.05) is 60.4 Å². The van der Waals surface area contributed by atoms with Crippen LogP contribution in [0.4, 0.5) is 0 Å². The van der Waals surface area contributed by atoms with Crippen LogP contribution in [0.2, 0.25) is 0 Å². The second-order valence-electron chi connectivity index (χ2n) is 5.00. The minimum Gasteiger partial charge on any atom is -0.372 e. The Morgan fingerprint density at radius 2 is 2.17 bits per heavy atom. The highest BCUT2D eigenvalue weighted by Gasteiger charge is 2.30. The number of thiocarbonyl (C=S) groups is 1. The first-order valence-electron chi connectivity index (χ1n) is 7.42. The van der Waals surface area contributed by atoms with E-state index in [0.717, 1.165) is 5.56 Å². The Morgan fingerprint density at radius 3 is 2.75 bits per heavy atom. The van der Waals surface area contributed by atoms with Gasteiger partial charge in [0.15, 0.2) is 5.78 Å². The molecule has 24 heavy (non-hydrogen) atoms. The fraction of sp³-hybridized carbons (Fsp3) is 0.333. The lowest BCUT2D eigenvalue weighted by Gasteiger charge is -2.22. The number of carbonyl (C=O) groups is 1. The normalized spacial score (nSPS) is 12.6. The third kappa shape index (κ3) is 6.75. The summed E-state index contributed by atoms with van der Waals surface area (Å²) in [6.45, 7) is 7.94. The van der Waals surface area contributed by atoms with Crippen molar-refractivity contribution in [3.8, 4) is 6.07 Å². The number of thioether (sulfide) groups is 1. The third-order valence-electron chi connectivity index (χ3n) is 3.24. The van der Waals surface area contributed by atoms with E-state index in [1.807, 2.05) is 30.3 Å². The third-order valence-corrected chi connectivity index (χ3v) is 4.97. The van der Waals surface area contributed by atoms with E-state index in [4.69, 9.17) is 17.0 Å². The van der Waals surface area contributed by atoms with Crippen LogP contribution >= 0.6 is 24.0 Å². The van der Waals surface area contributed by atoms with Gasteiger partial charge in [-0.05, 0) is 18.7 Å². The minimum absolute atomic E-state index is 0.0158. The lowest BCUT2D eigenvalue weighted by Crippen LogP contribution is -2.24. The molecule has 0 spiro atoms. The van der Waals surface area contributed by atoms with E-state index in [0.29, 0.717) is 23.8 Å². The molecule has 0 radical (unpaired) electrons. The number of Topliss-reactive ketones (excluding diaryl/α,β-unsaturated/α-hetero) is 1. The van der Waals surface area contributed by atoms with Crippen LogP contribution in [0.1, 0.15) is 18.4 Å². The van der Waals surface area contributed by atoms with Gasteiger partial charge >= 0.3 is 0 Å². The molecule has 6 heteroatoms. The van der Waals surface area contributed by atoms with Gasteiger partial charge in [-0.25, -0.2) is 0 Å². The smallest absolute Gasteiger partial charge is 0.158 e. The Balaban J connectivity index is 2.60. The maximum atomic E-state index is 11.9. The number of hydrogen-bond donors (Lipinski definition) is 0. The zero-order valence-electron chi connectivity index (χ0n) is 13.4. The Hall–Kier alpha value is -1.81. The second-order valence-corrected chi connectivity index (χ2v) is 7.01. The summed E-state index contributed by atoms with van der Waals surface area (Å²) in [6, 6.07) is 11.7. The van der Waals surface area contributed by atoms with Crippen molar-refractivity contribution in [3.63, 3.8) is 0 Å². The molecular weight excluding hydrogens is 340 g/mol.